The van der Waals surface area contributed by atoms with Crippen molar-refractivity contribution >= 4 is 29.5 Å². The van der Waals surface area contributed by atoms with Crippen molar-refractivity contribution in [1.82, 2.24) is 5.32 Å². The molecule has 6 nitrogen and oxygen atoms in total. The molecule has 0 amide bonds. The number of nitrogens with one attached hydrogen (secondary N) is 1. The van der Waals surface area contributed by atoms with E-state index < -0.39 is 41.3 Å². The van der Waals surface area contributed by atoms with Crippen LogP contribution < -0.4 is 5.32 Å². The van der Waals surface area contributed by atoms with Crippen LogP contribution in [0, 0.1) is 11.8 Å². The summed E-state index contributed by atoms with van der Waals surface area (Å²) in [6, 6.07) is 15.6. The standard InChI is InChI=1S/C21H18ClNO5/c1-27-20(26)21(11-12-5-3-2-4-6-12)16-15(18(24)28-19(16)25)17(23-21)13-7-9-14(22)10-8-13/h2-10,15-17,23H,11H2,1H3/t15-,16+,17-,21-/m1/s1. The Bertz CT molecular complexity index is 930. The molecule has 4 atom stereocenters. The summed E-state index contributed by atoms with van der Waals surface area (Å²) in [6.45, 7) is 0. The lowest BCUT2D eigenvalue weighted by atomic mass is 9.76. The van der Waals surface area contributed by atoms with Gasteiger partial charge >= 0.3 is 17.9 Å². The number of fused-ring (bicyclic) bond motifs is 1. The molecule has 7 heteroatoms. The zero-order valence-electron chi connectivity index (χ0n) is 15.1. The van der Waals surface area contributed by atoms with E-state index in [1.807, 2.05) is 30.3 Å². The Kier molecular flexibility index (Phi) is 4.69. The molecule has 2 aromatic carbocycles. The lowest BCUT2D eigenvalue weighted by Gasteiger charge is -2.31. The predicted molar refractivity (Wildman–Crippen MR) is 100 cm³/mol. The molecule has 0 unspecified atom stereocenters. The summed E-state index contributed by atoms with van der Waals surface area (Å²) in [5, 5.41) is 3.81. The third-order valence-corrected chi connectivity index (χ3v) is 5.75. The molecule has 2 saturated heterocycles. The highest BCUT2D eigenvalue weighted by molar-refractivity contribution is 6.30. The van der Waals surface area contributed by atoms with E-state index in [4.69, 9.17) is 21.1 Å². The maximum Gasteiger partial charge on any atom is 0.327 e. The van der Waals surface area contributed by atoms with Gasteiger partial charge in [-0.1, -0.05) is 54.1 Å². The van der Waals surface area contributed by atoms with Gasteiger partial charge in [0.2, 0.25) is 0 Å². The van der Waals surface area contributed by atoms with Crippen LogP contribution in [0.5, 0.6) is 0 Å². The average molecular weight is 400 g/mol. The van der Waals surface area contributed by atoms with Gasteiger partial charge in [0.15, 0.2) is 0 Å². The lowest BCUT2D eigenvalue weighted by Crippen LogP contribution is -2.56. The minimum atomic E-state index is -1.41. The molecule has 2 aliphatic rings. The van der Waals surface area contributed by atoms with Gasteiger partial charge in [0, 0.05) is 17.5 Å². The maximum atomic E-state index is 12.9. The first-order chi connectivity index (χ1) is 13.5. The van der Waals surface area contributed by atoms with Crippen molar-refractivity contribution in [1.29, 1.82) is 0 Å². The molecule has 2 aromatic rings. The quantitative estimate of drug-likeness (QED) is 0.628. The second kappa shape index (κ2) is 7.04. The number of methoxy groups -OCH3 is 1. The molecule has 0 aromatic heterocycles. The molecule has 0 spiro atoms. The molecule has 0 saturated carbocycles. The van der Waals surface area contributed by atoms with Gasteiger partial charge in [-0.05, 0) is 23.3 Å². The third kappa shape index (κ3) is 2.89. The number of hydrogen-bond donors (Lipinski definition) is 1. The molecule has 0 bridgehead atoms. The molecule has 1 N–H and O–H groups in total. The van der Waals surface area contributed by atoms with Gasteiger partial charge < -0.3 is 9.47 Å². The minimum absolute atomic E-state index is 0.189. The molecule has 0 radical (unpaired) electrons. The molecule has 2 fully saturated rings. The van der Waals surface area contributed by atoms with E-state index >= 15 is 0 Å². The van der Waals surface area contributed by atoms with Gasteiger partial charge in [-0.2, -0.15) is 0 Å². The Balaban J connectivity index is 1.83. The van der Waals surface area contributed by atoms with Crippen LogP contribution in [-0.2, 0) is 30.3 Å². The Morgan fingerprint density at radius 1 is 1.11 bits per heavy atom. The van der Waals surface area contributed by atoms with E-state index in [1.54, 1.807) is 24.3 Å². The number of carbonyl (C=O) groups is 3. The highest BCUT2D eigenvalue weighted by Crippen LogP contribution is 2.49. The highest BCUT2D eigenvalue weighted by Gasteiger charge is 2.68. The highest BCUT2D eigenvalue weighted by atomic mass is 35.5. The summed E-state index contributed by atoms with van der Waals surface area (Å²) >= 11 is 5.98. The Labute approximate surface area is 166 Å². The van der Waals surface area contributed by atoms with Crippen LogP contribution in [0.2, 0.25) is 5.02 Å². The van der Waals surface area contributed by atoms with E-state index in [1.165, 1.54) is 7.11 Å². The van der Waals surface area contributed by atoms with Crippen LogP contribution in [-0.4, -0.2) is 30.6 Å². The van der Waals surface area contributed by atoms with Crippen LogP contribution in [0.25, 0.3) is 0 Å². The van der Waals surface area contributed by atoms with Gasteiger partial charge in [0.1, 0.15) is 11.5 Å². The summed E-state index contributed by atoms with van der Waals surface area (Å²) in [4.78, 5) is 38.1. The number of halogens is 1. The van der Waals surface area contributed by atoms with E-state index in [9.17, 15) is 14.4 Å². The number of carbonyl (C=O) groups excluding carboxylic acids is 3. The molecule has 2 heterocycles. The maximum absolute atomic E-state index is 12.9. The number of benzene rings is 2. The SMILES string of the molecule is COC(=O)[C@]1(Cc2ccccc2)N[C@H](c2ccc(Cl)cc2)[C@@H]2C(=O)OC(=O)[C@H]21. The Morgan fingerprint density at radius 2 is 1.79 bits per heavy atom. The largest absolute Gasteiger partial charge is 0.468 e. The van der Waals surface area contributed by atoms with Gasteiger partial charge in [-0.15, -0.1) is 0 Å². The molecular formula is C21H18ClNO5. The number of ether oxygens (including phenoxy) is 2. The fourth-order valence-corrected chi connectivity index (χ4v) is 4.41. The number of esters is 3. The fraction of sp³-hybridized carbons (Fsp3) is 0.286. The lowest BCUT2D eigenvalue weighted by molar-refractivity contribution is -0.160. The van der Waals surface area contributed by atoms with Gasteiger partial charge in [-0.3, -0.25) is 19.7 Å². The van der Waals surface area contributed by atoms with Crippen LogP contribution in [0.15, 0.2) is 54.6 Å². The minimum Gasteiger partial charge on any atom is -0.468 e. The zero-order valence-corrected chi connectivity index (χ0v) is 15.8. The normalized spacial score (nSPS) is 28.7. The van der Waals surface area contributed by atoms with Crippen molar-refractivity contribution in [2.45, 2.75) is 18.0 Å². The molecule has 28 heavy (non-hydrogen) atoms. The Morgan fingerprint density at radius 3 is 2.43 bits per heavy atom. The molecule has 0 aliphatic carbocycles. The second-order valence-electron chi connectivity index (χ2n) is 7.04. The summed E-state index contributed by atoms with van der Waals surface area (Å²) in [6.07, 6.45) is 0.189. The topological polar surface area (TPSA) is 81.7 Å². The predicted octanol–water partition coefficient (Wildman–Crippen LogP) is 2.45. The van der Waals surface area contributed by atoms with Crippen LogP contribution in [0.1, 0.15) is 17.2 Å². The second-order valence-corrected chi connectivity index (χ2v) is 7.48. The zero-order chi connectivity index (χ0) is 19.9. The van der Waals surface area contributed by atoms with E-state index in [2.05, 4.69) is 5.32 Å². The van der Waals surface area contributed by atoms with Crippen molar-refractivity contribution in [3.8, 4) is 0 Å². The van der Waals surface area contributed by atoms with E-state index in [0.717, 1.165) is 11.1 Å². The van der Waals surface area contributed by atoms with E-state index in [0.29, 0.717) is 5.02 Å². The number of rotatable bonds is 4. The third-order valence-electron chi connectivity index (χ3n) is 5.49. The van der Waals surface area contributed by atoms with Crippen molar-refractivity contribution in [3.05, 3.63) is 70.7 Å². The van der Waals surface area contributed by atoms with Gasteiger partial charge in [0.25, 0.3) is 0 Å². The monoisotopic (exact) mass is 399 g/mol. The van der Waals surface area contributed by atoms with Crippen molar-refractivity contribution in [3.63, 3.8) is 0 Å². The van der Waals surface area contributed by atoms with Crippen LogP contribution in [0.3, 0.4) is 0 Å². The van der Waals surface area contributed by atoms with Crippen LogP contribution in [0.4, 0.5) is 0 Å². The molecule has 2 aliphatic heterocycles. The summed E-state index contributed by atoms with van der Waals surface area (Å²) in [7, 11) is 1.27. The first-order valence-electron chi connectivity index (χ1n) is 8.87. The van der Waals surface area contributed by atoms with Crippen LogP contribution >= 0.6 is 11.6 Å². The molecule has 4 rings (SSSR count). The van der Waals surface area contributed by atoms with Crippen molar-refractivity contribution < 1.29 is 23.9 Å². The van der Waals surface area contributed by atoms with E-state index in [-0.39, 0.29) is 6.42 Å². The molecular weight excluding hydrogens is 382 g/mol. The first-order valence-corrected chi connectivity index (χ1v) is 9.25. The summed E-state index contributed by atoms with van der Waals surface area (Å²) < 4.78 is 10.0. The smallest absolute Gasteiger partial charge is 0.327 e. The van der Waals surface area contributed by atoms with Crippen molar-refractivity contribution in [2.24, 2.45) is 11.8 Å². The van der Waals surface area contributed by atoms with Crippen molar-refractivity contribution in [2.75, 3.05) is 7.11 Å². The first kappa shape index (κ1) is 18.7. The number of cyclic esters (lactones) is 2. The Hall–Kier alpha value is -2.70. The fourth-order valence-electron chi connectivity index (χ4n) is 4.29. The van der Waals surface area contributed by atoms with Gasteiger partial charge in [0.05, 0.1) is 13.0 Å². The summed E-state index contributed by atoms with van der Waals surface area (Å²) in [5.41, 5.74) is 0.168. The number of hydrogen-bond acceptors (Lipinski definition) is 6. The van der Waals surface area contributed by atoms with Gasteiger partial charge in [-0.25, -0.2) is 0 Å². The average Bonchev–Trinajstić information content (AvgIpc) is 3.20. The molecule has 144 valence electrons. The summed E-state index contributed by atoms with van der Waals surface area (Å²) in [5.74, 6) is -3.75.